The Labute approximate surface area is 181 Å². The summed E-state index contributed by atoms with van der Waals surface area (Å²) in [7, 11) is 0. The Kier molecular flexibility index (Phi) is 9.67. The van der Waals surface area contributed by atoms with Gasteiger partial charge >= 0.3 is 12.1 Å². The van der Waals surface area contributed by atoms with Crippen molar-refractivity contribution in [2.45, 2.75) is 38.0 Å². The lowest BCUT2D eigenvalue weighted by molar-refractivity contribution is -0.403. The highest BCUT2D eigenvalue weighted by molar-refractivity contribution is 5.86. The van der Waals surface area contributed by atoms with Gasteiger partial charge in [0.2, 0.25) is 0 Å². The van der Waals surface area contributed by atoms with E-state index in [1.54, 1.807) is 24.3 Å². The number of alkyl halides is 3. The fraction of sp³-hybridized carbons (Fsp3) is 0.286. The molecule has 0 radical (unpaired) electrons. The number of nitrogens with one attached hydrogen (secondary N) is 1. The van der Waals surface area contributed by atoms with Gasteiger partial charge < -0.3 is 31.2 Å². The molecule has 8 nitrogen and oxygen atoms in total. The molecule has 0 bridgehead atoms. The van der Waals surface area contributed by atoms with Crippen LogP contribution in [0.25, 0.3) is 0 Å². The minimum atomic E-state index is -4.78. The quantitative estimate of drug-likeness (QED) is 0.464. The Balaban J connectivity index is 0.00000118. The molecule has 0 aliphatic carbocycles. The summed E-state index contributed by atoms with van der Waals surface area (Å²) in [6.07, 6.45) is -4.87. The number of hydrogen-bond acceptors (Lipinski definition) is 5. The normalized spacial score (nSPS) is 12.7. The predicted molar refractivity (Wildman–Crippen MR) is 104 cm³/mol. The zero-order valence-electron chi connectivity index (χ0n) is 17.1. The molecule has 2 rings (SSSR count). The van der Waals surface area contributed by atoms with Crippen molar-refractivity contribution in [1.82, 2.24) is 5.32 Å². The first kappa shape index (κ1) is 26.4. The lowest BCUT2D eigenvalue weighted by Crippen LogP contribution is -2.69. The van der Waals surface area contributed by atoms with Crippen molar-refractivity contribution >= 4 is 17.8 Å². The summed E-state index contributed by atoms with van der Waals surface area (Å²) in [6, 6.07) is 9.50. The molecule has 2 aromatic rings. The second-order valence-corrected chi connectivity index (χ2v) is 6.83. The SMILES string of the molecule is CC(=O)[O-].[NH3+][C@@H](Cc1ccccc1)C(=O)N[C@@H](Cc1ccc(O)c(C(F)(F)F)c1)C(=O)O. The number of carbonyl (C=O) groups is 3. The van der Waals surface area contributed by atoms with Crippen molar-refractivity contribution in [3.8, 4) is 5.75 Å². The first-order valence-electron chi connectivity index (χ1n) is 9.28. The van der Waals surface area contributed by atoms with Crippen LogP contribution in [0.1, 0.15) is 23.6 Å². The number of benzene rings is 2. The highest BCUT2D eigenvalue weighted by Crippen LogP contribution is 2.36. The van der Waals surface area contributed by atoms with Gasteiger partial charge in [-0.1, -0.05) is 36.4 Å². The molecule has 0 spiro atoms. The monoisotopic (exact) mass is 456 g/mol. The van der Waals surface area contributed by atoms with Gasteiger partial charge in [-0.3, -0.25) is 4.79 Å². The number of amides is 1. The van der Waals surface area contributed by atoms with Crippen molar-refractivity contribution in [3.05, 3.63) is 65.2 Å². The van der Waals surface area contributed by atoms with Gasteiger partial charge in [-0.25, -0.2) is 4.79 Å². The van der Waals surface area contributed by atoms with E-state index >= 15 is 0 Å². The molecule has 0 aromatic heterocycles. The number of quaternary nitrogens is 1. The number of hydrogen-bond donors (Lipinski definition) is 4. The third-order valence-electron chi connectivity index (χ3n) is 4.12. The maximum Gasteiger partial charge on any atom is 0.419 e. The molecule has 0 fully saturated rings. The summed E-state index contributed by atoms with van der Waals surface area (Å²) >= 11 is 0. The first-order valence-corrected chi connectivity index (χ1v) is 9.28. The van der Waals surface area contributed by atoms with Crippen LogP contribution in [-0.2, 0) is 33.4 Å². The standard InChI is InChI=1S/C19H19F3N2O4.C2H4O2/c20-19(21,22)13-8-12(6-7-16(13)25)10-15(18(27)28)24-17(26)14(23)9-11-4-2-1-3-5-11;1-2(3)4/h1-8,14-15,25H,9-10,23H2,(H,24,26)(H,27,28);1H3,(H,3,4)/t14-,15-;/m0./s1. The number of carbonyl (C=O) groups excluding carboxylic acids is 2. The minimum absolute atomic E-state index is 0.0153. The maximum absolute atomic E-state index is 12.9. The number of phenols is 1. The third-order valence-corrected chi connectivity index (χ3v) is 4.12. The summed E-state index contributed by atoms with van der Waals surface area (Å²) in [4.78, 5) is 32.6. The van der Waals surface area contributed by atoms with Crippen LogP contribution in [0, 0.1) is 0 Å². The van der Waals surface area contributed by atoms with Crippen molar-refractivity contribution in [3.63, 3.8) is 0 Å². The van der Waals surface area contributed by atoms with E-state index < -0.39 is 47.4 Å². The molecule has 174 valence electrons. The van der Waals surface area contributed by atoms with Crippen LogP contribution in [-0.4, -0.2) is 40.1 Å². The molecular formula is C21H23F3N2O6. The molecule has 6 N–H and O–H groups in total. The molecule has 0 unspecified atom stereocenters. The van der Waals surface area contributed by atoms with E-state index in [2.05, 4.69) is 11.1 Å². The lowest BCUT2D eigenvalue weighted by Gasteiger charge is -2.17. The number of phenolic OH excluding ortho intramolecular Hbond substituents is 1. The van der Waals surface area contributed by atoms with Gasteiger partial charge in [0.15, 0.2) is 6.04 Å². The van der Waals surface area contributed by atoms with Crippen LogP contribution >= 0.6 is 0 Å². The second-order valence-electron chi connectivity index (χ2n) is 6.83. The fourth-order valence-electron chi connectivity index (χ4n) is 2.65. The zero-order chi connectivity index (χ0) is 24.5. The number of halogens is 3. The van der Waals surface area contributed by atoms with Crippen LogP contribution in [0.2, 0.25) is 0 Å². The van der Waals surface area contributed by atoms with Gasteiger partial charge in [0.1, 0.15) is 11.8 Å². The molecule has 32 heavy (non-hydrogen) atoms. The summed E-state index contributed by atoms with van der Waals surface area (Å²) in [5, 5.41) is 29.9. The average Bonchev–Trinajstić information content (AvgIpc) is 2.68. The van der Waals surface area contributed by atoms with Crippen molar-refractivity contribution in [1.29, 1.82) is 0 Å². The van der Waals surface area contributed by atoms with Crippen LogP contribution in [0.15, 0.2) is 48.5 Å². The molecule has 0 aliphatic heterocycles. The molecule has 1 amide bonds. The number of carboxylic acids is 2. The van der Waals surface area contributed by atoms with Gasteiger partial charge in [-0.05, 0) is 30.2 Å². The molecule has 2 aromatic carbocycles. The molecule has 0 saturated heterocycles. The van der Waals surface area contributed by atoms with Gasteiger partial charge in [-0.15, -0.1) is 0 Å². The van der Waals surface area contributed by atoms with Crippen LogP contribution in [0.4, 0.5) is 13.2 Å². The summed E-state index contributed by atoms with van der Waals surface area (Å²) < 4.78 is 38.7. The summed E-state index contributed by atoms with van der Waals surface area (Å²) in [6.45, 7) is 0.972. The van der Waals surface area contributed by atoms with E-state index in [4.69, 9.17) is 9.90 Å². The molecule has 0 heterocycles. The van der Waals surface area contributed by atoms with Gasteiger partial charge in [0.05, 0.1) is 5.56 Å². The highest BCUT2D eigenvalue weighted by Gasteiger charge is 2.34. The van der Waals surface area contributed by atoms with Crippen LogP contribution in [0.3, 0.4) is 0 Å². The Hall–Kier alpha value is -3.60. The van der Waals surface area contributed by atoms with Crippen molar-refractivity contribution in [2.24, 2.45) is 0 Å². The predicted octanol–water partition coefficient (Wildman–Crippen LogP) is 0.132. The van der Waals surface area contributed by atoms with E-state index in [9.17, 15) is 33.0 Å². The van der Waals surface area contributed by atoms with Crippen molar-refractivity contribution in [2.75, 3.05) is 0 Å². The van der Waals surface area contributed by atoms with Crippen LogP contribution in [0.5, 0.6) is 5.75 Å². The maximum atomic E-state index is 12.9. The second kappa shape index (κ2) is 11.7. The molecule has 0 aliphatic rings. The van der Waals surface area contributed by atoms with Gasteiger partial charge in [0, 0.05) is 18.8 Å². The smallest absolute Gasteiger partial charge is 0.419 e. The first-order chi connectivity index (χ1) is 14.8. The topological polar surface area (TPSA) is 154 Å². The minimum Gasteiger partial charge on any atom is -0.550 e. The number of aromatic hydroxyl groups is 1. The van der Waals surface area contributed by atoms with E-state index in [0.717, 1.165) is 18.6 Å². The average molecular weight is 456 g/mol. The van der Waals surface area contributed by atoms with E-state index in [1.165, 1.54) is 6.07 Å². The highest BCUT2D eigenvalue weighted by atomic mass is 19.4. The lowest BCUT2D eigenvalue weighted by atomic mass is 10.0. The van der Waals surface area contributed by atoms with Crippen LogP contribution < -0.4 is 16.2 Å². The Morgan fingerprint density at radius 2 is 1.62 bits per heavy atom. The number of rotatable bonds is 7. The molecular weight excluding hydrogens is 433 g/mol. The Morgan fingerprint density at radius 1 is 1.06 bits per heavy atom. The number of carboxylic acid groups (broad SMARTS) is 2. The number of aliphatic carboxylic acids is 2. The van der Waals surface area contributed by atoms with E-state index in [1.807, 2.05) is 6.07 Å². The molecule has 0 saturated carbocycles. The van der Waals surface area contributed by atoms with E-state index in [0.29, 0.717) is 6.07 Å². The fourth-order valence-corrected chi connectivity index (χ4v) is 2.65. The van der Waals surface area contributed by atoms with Gasteiger partial charge in [-0.2, -0.15) is 13.2 Å². The molecule has 11 heteroatoms. The largest absolute Gasteiger partial charge is 0.550 e. The van der Waals surface area contributed by atoms with Crippen molar-refractivity contribution < 1.29 is 48.6 Å². The van der Waals surface area contributed by atoms with Gasteiger partial charge in [0.25, 0.3) is 5.91 Å². The summed E-state index contributed by atoms with van der Waals surface area (Å²) in [5.41, 5.74) is 3.32. The third kappa shape index (κ3) is 9.04. The van der Waals surface area contributed by atoms with E-state index in [-0.39, 0.29) is 18.4 Å². The summed E-state index contributed by atoms with van der Waals surface area (Å²) in [5.74, 6) is -4.04. The molecule has 2 atom stereocenters. The Bertz CT molecular complexity index is 931. The zero-order valence-corrected chi connectivity index (χ0v) is 17.1. The Morgan fingerprint density at radius 3 is 2.12 bits per heavy atom.